The van der Waals surface area contributed by atoms with Crippen molar-refractivity contribution in [2.75, 3.05) is 38.3 Å². The number of carbonyl (C=O) groups excluding carboxylic acids is 2. The molecule has 3 amide bonds. The zero-order valence-corrected chi connectivity index (χ0v) is 15.9. The molecule has 0 aromatic heterocycles. The molecule has 1 heterocycles. The van der Waals surface area contributed by atoms with E-state index in [0.29, 0.717) is 44.0 Å². The average molecular weight is 385 g/mol. The van der Waals surface area contributed by atoms with E-state index in [1.807, 2.05) is 6.07 Å². The first-order valence-corrected chi connectivity index (χ1v) is 9.26. The third kappa shape index (κ3) is 4.86. The van der Waals surface area contributed by atoms with Gasteiger partial charge in [0.15, 0.2) is 0 Å². The molecule has 1 N–H and O–H groups in total. The average Bonchev–Trinajstić information content (AvgIpc) is 2.71. The van der Waals surface area contributed by atoms with Crippen LogP contribution in [0.4, 0.5) is 14.9 Å². The predicted molar refractivity (Wildman–Crippen MR) is 105 cm³/mol. The molecule has 0 unspecified atom stereocenters. The SMILES string of the molecule is COCCNC(=O)c1cccc(N2CCCN(Cc3ccc(F)cc3)C2=O)c1. The maximum absolute atomic E-state index is 13.1. The van der Waals surface area contributed by atoms with Crippen molar-refractivity contribution in [3.63, 3.8) is 0 Å². The van der Waals surface area contributed by atoms with Gasteiger partial charge in [-0.1, -0.05) is 18.2 Å². The van der Waals surface area contributed by atoms with Crippen LogP contribution in [0.5, 0.6) is 0 Å². The van der Waals surface area contributed by atoms with Gasteiger partial charge in [0.2, 0.25) is 0 Å². The fourth-order valence-corrected chi connectivity index (χ4v) is 3.16. The summed E-state index contributed by atoms with van der Waals surface area (Å²) in [6.45, 7) is 2.52. The van der Waals surface area contributed by atoms with Gasteiger partial charge >= 0.3 is 6.03 Å². The largest absolute Gasteiger partial charge is 0.383 e. The van der Waals surface area contributed by atoms with Crippen LogP contribution in [-0.2, 0) is 11.3 Å². The summed E-state index contributed by atoms with van der Waals surface area (Å²) in [6.07, 6.45) is 0.817. The summed E-state index contributed by atoms with van der Waals surface area (Å²) >= 11 is 0. The quantitative estimate of drug-likeness (QED) is 0.746. The lowest BCUT2D eigenvalue weighted by molar-refractivity contribution is 0.0937. The maximum atomic E-state index is 13.1. The van der Waals surface area contributed by atoms with Crippen LogP contribution >= 0.6 is 0 Å². The summed E-state index contributed by atoms with van der Waals surface area (Å²) in [5, 5.41) is 2.78. The molecule has 1 fully saturated rings. The van der Waals surface area contributed by atoms with Crippen LogP contribution in [0.15, 0.2) is 48.5 Å². The molecule has 28 heavy (non-hydrogen) atoms. The van der Waals surface area contributed by atoms with Gasteiger partial charge in [0, 0.05) is 44.5 Å². The third-order valence-corrected chi connectivity index (χ3v) is 4.61. The Bertz CT molecular complexity index is 826. The number of amides is 3. The Morgan fingerprint density at radius 2 is 1.96 bits per heavy atom. The van der Waals surface area contributed by atoms with Gasteiger partial charge in [0.1, 0.15) is 5.82 Å². The number of rotatable bonds is 7. The normalized spacial score (nSPS) is 14.3. The first-order chi connectivity index (χ1) is 13.6. The fraction of sp³-hybridized carbons (Fsp3) is 0.333. The Labute approximate surface area is 163 Å². The Kier molecular flexibility index (Phi) is 6.60. The molecule has 148 valence electrons. The topological polar surface area (TPSA) is 61.9 Å². The number of hydrogen-bond donors (Lipinski definition) is 1. The minimum atomic E-state index is -0.295. The second-order valence-electron chi connectivity index (χ2n) is 6.63. The number of halogens is 1. The molecule has 0 atom stereocenters. The molecule has 0 radical (unpaired) electrons. The van der Waals surface area contributed by atoms with Crippen LogP contribution in [0.1, 0.15) is 22.3 Å². The molecule has 2 aromatic rings. The molecule has 7 heteroatoms. The molecule has 0 saturated carbocycles. The number of urea groups is 1. The number of methoxy groups -OCH3 is 1. The summed E-state index contributed by atoms with van der Waals surface area (Å²) in [7, 11) is 1.58. The number of ether oxygens (including phenoxy) is 1. The number of benzene rings is 2. The summed E-state index contributed by atoms with van der Waals surface area (Å²) in [4.78, 5) is 28.6. The second-order valence-corrected chi connectivity index (χ2v) is 6.63. The lowest BCUT2D eigenvalue weighted by atomic mass is 10.1. The van der Waals surface area contributed by atoms with Crippen molar-refractivity contribution in [3.8, 4) is 0 Å². The monoisotopic (exact) mass is 385 g/mol. The van der Waals surface area contributed by atoms with Gasteiger partial charge in [-0.2, -0.15) is 0 Å². The highest BCUT2D eigenvalue weighted by atomic mass is 19.1. The van der Waals surface area contributed by atoms with Crippen molar-refractivity contribution in [2.45, 2.75) is 13.0 Å². The lowest BCUT2D eigenvalue weighted by Crippen LogP contribution is -2.49. The predicted octanol–water partition coefficient (Wildman–Crippen LogP) is 3.03. The van der Waals surface area contributed by atoms with E-state index >= 15 is 0 Å². The standard InChI is InChI=1S/C21H24FN3O3/c1-28-13-10-23-20(26)17-4-2-5-19(14-17)25-12-3-11-24(21(25)27)15-16-6-8-18(22)9-7-16/h2,4-9,14H,3,10-13,15H2,1H3,(H,23,26). The molecule has 1 saturated heterocycles. The van der Waals surface area contributed by atoms with E-state index in [1.165, 1.54) is 12.1 Å². The van der Waals surface area contributed by atoms with Crippen molar-refractivity contribution in [2.24, 2.45) is 0 Å². The first-order valence-electron chi connectivity index (χ1n) is 9.26. The Hall–Kier alpha value is -2.93. The molecular weight excluding hydrogens is 361 g/mol. The first kappa shape index (κ1) is 19.8. The molecule has 0 spiro atoms. The summed E-state index contributed by atoms with van der Waals surface area (Å²) in [5.74, 6) is -0.498. The van der Waals surface area contributed by atoms with E-state index in [-0.39, 0.29) is 17.8 Å². The van der Waals surface area contributed by atoms with Gasteiger partial charge in [-0.05, 0) is 42.3 Å². The van der Waals surface area contributed by atoms with Crippen LogP contribution < -0.4 is 10.2 Å². The number of nitrogens with zero attached hydrogens (tertiary/aromatic N) is 2. The highest BCUT2D eigenvalue weighted by Crippen LogP contribution is 2.22. The van der Waals surface area contributed by atoms with Gasteiger partial charge in [-0.3, -0.25) is 9.69 Å². The van der Waals surface area contributed by atoms with Crippen LogP contribution in [0.3, 0.4) is 0 Å². The Morgan fingerprint density at radius 3 is 2.71 bits per heavy atom. The van der Waals surface area contributed by atoms with Crippen molar-refractivity contribution in [3.05, 3.63) is 65.5 Å². The van der Waals surface area contributed by atoms with Gasteiger partial charge in [0.25, 0.3) is 5.91 Å². The van der Waals surface area contributed by atoms with Crippen molar-refractivity contribution < 1.29 is 18.7 Å². The minimum absolute atomic E-state index is 0.118. The zero-order chi connectivity index (χ0) is 19.9. The molecule has 1 aliphatic rings. The van der Waals surface area contributed by atoms with Crippen molar-refractivity contribution in [1.29, 1.82) is 0 Å². The second kappa shape index (κ2) is 9.32. The summed E-state index contributed by atoms with van der Waals surface area (Å²) in [5.41, 5.74) is 2.06. The highest BCUT2D eigenvalue weighted by Gasteiger charge is 2.27. The Balaban J connectivity index is 1.70. The van der Waals surface area contributed by atoms with Crippen molar-refractivity contribution >= 4 is 17.6 Å². The lowest BCUT2D eigenvalue weighted by Gasteiger charge is -2.35. The molecule has 2 aromatic carbocycles. The molecule has 0 bridgehead atoms. The zero-order valence-electron chi connectivity index (χ0n) is 15.9. The van der Waals surface area contributed by atoms with Crippen LogP contribution in [0.25, 0.3) is 0 Å². The van der Waals surface area contributed by atoms with E-state index in [1.54, 1.807) is 47.2 Å². The van der Waals surface area contributed by atoms with E-state index in [4.69, 9.17) is 4.74 Å². The van der Waals surface area contributed by atoms with E-state index in [9.17, 15) is 14.0 Å². The summed E-state index contributed by atoms with van der Waals surface area (Å²) < 4.78 is 18.0. The van der Waals surface area contributed by atoms with E-state index in [0.717, 1.165) is 12.0 Å². The third-order valence-electron chi connectivity index (χ3n) is 4.61. The smallest absolute Gasteiger partial charge is 0.324 e. The molecule has 3 rings (SSSR count). The molecular formula is C21H24FN3O3. The van der Waals surface area contributed by atoms with Crippen LogP contribution in [0.2, 0.25) is 0 Å². The van der Waals surface area contributed by atoms with Gasteiger partial charge in [0.05, 0.1) is 6.61 Å². The number of carbonyl (C=O) groups is 2. The molecule has 0 aliphatic carbocycles. The maximum Gasteiger partial charge on any atom is 0.324 e. The molecule has 6 nitrogen and oxygen atoms in total. The van der Waals surface area contributed by atoms with Crippen molar-refractivity contribution in [1.82, 2.24) is 10.2 Å². The van der Waals surface area contributed by atoms with Crippen LogP contribution in [-0.4, -0.2) is 50.2 Å². The number of nitrogens with one attached hydrogen (secondary N) is 1. The number of hydrogen-bond acceptors (Lipinski definition) is 3. The van der Waals surface area contributed by atoms with E-state index in [2.05, 4.69) is 5.32 Å². The molecule has 1 aliphatic heterocycles. The van der Waals surface area contributed by atoms with Gasteiger partial charge in [-0.15, -0.1) is 0 Å². The summed E-state index contributed by atoms with van der Waals surface area (Å²) in [6, 6.07) is 13.1. The van der Waals surface area contributed by atoms with Gasteiger partial charge in [-0.25, -0.2) is 9.18 Å². The van der Waals surface area contributed by atoms with E-state index < -0.39 is 0 Å². The fourth-order valence-electron chi connectivity index (χ4n) is 3.16. The van der Waals surface area contributed by atoms with Crippen LogP contribution in [0, 0.1) is 5.82 Å². The minimum Gasteiger partial charge on any atom is -0.383 e. The Morgan fingerprint density at radius 1 is 1.18 bits per heavy atom. The highest BCUT2D eigenvalue weighted by molar-refractivity contribution is 5.98. The van der Waals surface area contributed by atoms with Gasteiger partial charge < -0.3 is 15.0 Å². The number of anilines is 1.